The van der Waals surface area contributed by atoms with Crippen molar-refractivity contribution in [1.82, 2.24) is 9.97 Å². The summed E-state index contributed by atoms with van der Waals surface area (Å²) in [5, 5.41) is 0. The minimum atomic E-state index is -0.0638. The zero-order chi connectivity index (χ0) is 13.3. The Balaban J connectivity index is 2.28. The van der Waals surface area contributed by atoms with Gasteiger partial charge in [-0.3, -0.25) is 4.79 Å². The molecule has 0 unspecified atom stereocenters. The number of hydrogen-bond donors (Lipinski definition) is 2. The molecule has 4 heteroatoms. The summed E-state index contributed by atoms with van der Waals surface area (Å²) in [6, 6.07) is 0. The van der Waals surface area contributed by atoms with E-state index in [-0.39, 0.29) is 11.5 Å². The fourth-order valence-electron chi connectivity index (χ4n) is 2.80. The fraction of sp³-hybridized carbons (Fsp3) is 0.714. The van der Waals surface area contributed by atoms with E-state index in [2.05, 4.69) is 16.9 Å². The van der Waals surface area contributed by atoms with Gasteiger partial charge in [-0.15, -0.1) is 0 Å². The lowest BCUT2D eigenvalue weighted by Gasteiger charge is -2.25. The van der Waals surface area contributed by atoms with E-state index in [4.69, 9.17) is 5.73 Å². The lowest BCUT2D eigenvalue weighted by molar-refractivity contribution is 0.339. The second-order valence-electron chi connectivity index (χ2n) is 5.86. The minimum absolute atomic E-state index is 0.0638. The van der Waals surface area contributed by atoms with Crippen LogP contribution in [-0.2, 0) is 0 Å². The molecule has 0 radical (unpaired) electrons. The number of nitrogen functional groups attached to an aromatic ring is 1. The molecule has 1 aromatic heterocycles. The zero-order valence-corrected chi connectivity index (χ0v) is 11.5. The van der Waals surface area contributed by atoms with Crippen LogP contribution in [0.5, 0.6) is 0 Å². The number of aromatic nitrogens is 2. The van der Waals surface area contributed by atoms with Crippen LogP contribution in [0.15, 0.2) is 4.79 Å². The van der Waals surface area contributed by atoms with E-state index < -0.39 is 0 Å². The number of hydrogen-bond acceptors (Lipinski definition) is 3. The fourth-order valence-corrected chi connectivity index (χ4v) is 2.80. The molecule has 4 nitrogen and oxygen atoms in total. The molecule has 3 N–H and O–H groups in total. The number of nitrogens with one attached hydrogen (secondary N) is 1. The van der Waals surface area contributed by atoms with Crippen molar-refractivity contribution in [2.45, 2.75) is 58.3 Å². The first-order valence-corrected chi connectivity index (χ1v) is 6.88. The highest BCUT2D eigenvalue weighted by Crippen LogP contribution is 2.34. The molecule has 1 saturated carbocycles. The Kier molecular flexibility index (Phi) is 3.73. The van der Waals surface area contributed by atoms with Crippen molar-refractivity contribution < 1.29 is 0 Å². The van der Waals surface area contributed by atoms with Crippen molar-refractivity contribution >= 4 is 5.82 Å². The number of nitrogens with zero attached hydrogens (tertiary/aromatic N) is 1. The summed E-state index contributed by atoms with van der Waals surface area (Å²) in [6.45, 7) is 6.21. The molecular weight excluding hydrogens is 226 g/mol. The van der Waals surface area contributed by atoms with E-state index in [1.807, 2.05) is 13.8 Å². The maximum Gasteiger partial charge on any atom is 0.256 e. The highest BCUT2D eigenvalue weighted by molar-refractivity contribution is 5.40. The minimum Gasteiger partial charge on any atom is -0.383 e. The van der Waals surface area contributed by atoms with Crippen molar-refractivity contribution in [1.29, 1.82) is 0 Å². The Labute approximate surface area is 108 Å². The van der Waals surface area contributed by atoms with Crippen LogP contribution in [0.3, 0.4) is 0 Å². The van der Waals surface area contributed by atoms with Gasteiger partial charge in [-0.2, -0.15) is 0 Å². The third-order valence-corrected chi connectivity index (χ3v) is 3.98. The average Bonchev–Trinajstić information content (AvgIpc) is 2.28. The summed E-state index contributed by atoms with van der Waals surface area (Å²) < 4.78 is 0. The van der Waals surface area contributed by atoms with E-state index in [1.165, 1.54) is 12.8 Å². The van der Waals surface area contributed by atoms with Crippen molar-refractivity contribution in [3.05, 3.63) is 21.7 Å². The second kappa shape index (κ2) is 5.12. The topological polar surface area (TPSA) is 71.8 Å². The summed E-state index contributed by atoms with van der Waals surface area (Å²) in [7, 11) is 0. The standard InChI is InChI=1S/C14H23N3O/c1-8(2)11-12(15)16-13(17-14(11)18)10-6-4-9(3)5-7-10/h8-10H,4-7H2,1-3H3,(H3,15,16,17,18). The molecule has 18 heavy (non-hydrogen) atoms. The van der Waals surface area contributed by atoms with Crippen LogP contribution in [-0.4, -0.2) is 9.97 Å². The first kappa shape index (κ1) is 13.1. The second-order valence-corrected chi connectivity index (χ2v) is 5.86. The molecule has 0 aromatic carbocycles. The third-order valence-electron chi connectivity index (χ3n) is 3.98. The summed E-state index contributed by atoms with van der Waals surface area (Å²) in [6.07, 6.45) is 4.62. The molecular formula is C14H23N3O. The van der Waals surface area contributed by atoms with Gasteiger partial charge >= 0.3 is 0 Å². The van der Waals surface area contributed by atoms with E-state index in [0.717, 1.165) is 24.6 Å². The Bertz CT molecular complexity index is 470. The van der Waals surface area contributed by atoms with Crippen LogP contribution in [0.25, 0.3) is 0 Å². The van der Waals surface area contributed by atoms with Gasteiger partial charge in [0.15, 0.2) is 0 Å². The van der Waals surface area contributed by atoms with Crippen LogP contribution in [0.1, 0.15) is 69.7 Å². The Hall–Kier alpha value is -1.32. The molecule has 0 aliphatic heterocycles. The number of aromatic amines is 1. The normalized spacial score (nSPS) is 24.4. The van der Waals surface area contributed by atoms with Gasteiger partial charge in [0.25, 0.3) is 5.56 Å². The smallest absolute Gasteiger partial charge is 0.256 e. The van der Waals surface area contributed by atoms with Gasteiger partial charge in [-0.1, -0.05) is 33.6 Å². The van der Waals surface area contributed by atoms with Gasteiger partial charge in [0, 0.05) is 5.92 Å². The average molecular weight is 249 g/mol. The maximum atomic E-state index is 12.0. The molecule has 0 saturated heterocycles. The highest BCUT2D eigenvalue weighted by atomic mass is 16.1. The Morgan fingerprint density at radius 3 is 2.39 bits per heavy atom. The van der Waals surface area contributed by atoms with E-state index in [0.29, 0.717) is 17.3 Å². The summed E-state index contributed by atoms with van der Waals surface area (Å²) in [5.74, 6) is 2.47. The number of H-pyrrole nitrogens is 1. The van der Waals surface area contributed by atoms with Crippen LogP contribution in [0.2, 0.25) is 0 Å². The van der Waals surface area contributed by atoms with Gasteiger partial charge in [0.2, 0.25) is 0 Å². The van der Waals surface area contributed by atoms with Crippen molar-refractivity contribution in [2.24, 2.45) is 5.92 Å². The Morgan fingerprint density at radius 1 is 1.28 bits per heavy atom. The molecule has 0 atom stereocenters. The predicted octanol–water partition coefficient (Wildman–Crippen LogP) is 2.77. The number of anilines is 1. The van der Waals surface area contributed by atoms with Gasteiger partial charge in [-0.25, -0.2) is 4.98 Å². The zero-order valence-electron chi connectivity index (χ0n) is 11.5. The molecule has 1 heterocycles. The lowest BCUT2D eigenvalue weighted by Crippen LogP contribution is -2.23. The Morgan fingerprint density at radius 2 is 1.89 bits per heavy atom. The van der Waals surface area contributed by atoms with Gasteiger partial charge in [0.05, 0.1) is 5.56 Å². The van der Waals surface area contributed by atoms with Crippen molar-refractivity contribution in [2.75, 3.05) is 5.73 Å². The summed E-state index contributed by atoms with van der Waals surface area (Å²) >= 11 is 0. The van der Waals surface area contributed by atoms with E-state index in [1.54, 1.807) is 0 Å². The van der Waals surface area contributed by atoms with Gasteiger partial charge in [0.1, 0.15) is 11.6 Å². The van der Waals surface area contributed by atoms with Gasteiger partial charge < -0.3 is 10.7 Å². The SMILES string of the molecule is CC1CCC(c2nc(N)c(C(C)C)c(=O)[nH]2)CC1. The van der Waals surface area contributed by atoms with E-state index in [9.17, 15) is 4.79 Å². The quantitative estimate of drug-likeness (QED) is 0.846. The number of rotatable bonds is 2. The molecule has 0 bridgehead atoms. The number of nitrogens with two attached hydrogens (primary N) is 1. The van der Waals surface area contributed by atoms with Crippen LogP contribution in [0.4, 0.5) is 5.82 Å². The van der Waals surface area contributed by atoms with Crippen molar-refractivity contribution in [3.8, 4) is 0 Å². The van der Waals surface area contributed by atoms with Crippen molar-refractivity contribution in [3.63, 3.8) is 0 Å². The molecule has 2 rings (SSSR count). The molecule has 0 amide bonds. The molecule has 1 aliphatic rings. The maximum absolute atomic E-state index is 12.0. The van der Waals surface area contributed by atoms with Crippen LogP contribution in [0, 0.1) is 5.92 Å². The van der Waals surface area contributed by atoms with Gasteiger partial charge in [-0.05, 0) is 24.7 Å². The summed E-state index contributed by atoms with van der Waals surface area (Å²) in [5.41, 5.74) is 6.48. The first-order chi connectivity index (χ1) is 8.49. The molecule has 0 spiro atoms. The summed E-state index contributed by atoms with van der Waals surface area (Å²) in [4.78, 5) is 19.4. The molecule has 1 fully saturated rings. The van der Waals surface area contributed by atoms with Crippen LogP contribution < -0.4 is 11.3 Å². The molecule has 100 valence electrons. The highest BCUT2D eigenvalue weighted by Gasteiger charge is 2.23. The van der Waals surface area contributed by atoms with E-state index >= 15 is 0 Å². The predicted molar refractivity (Wildman–Crippen MR) is 73.7 cm³/mol. The largest absolute Gasteiger partial charge is 0.383 e. The monoisotopic (exact) mass is 249 g/mol. The first-order valence-electron chi connectivity index (χ1n) is 6.88. The van der Waals surface area contributed by atoms with Crippen LogP contribution >= 0.6 is 0 Å². The molecule has 1 aromatic rings. The lowest BCUT2D eigenvalue weighted by atomic mass is 9.82. The molecule has 1 aliphatic carbocycles. The third kappa shape index (κ3) is 2.57.